The van der Waals surface area contributed by atoms with Gasteiger partial charge in [0.05, 0.1) is 0 Å². The third kappa shape index (κ3) is 3.09. The molecule has 0 N–H and O–H groups in total. The van der Waals surface area contributed by atoms with Gasteiger partial charge in [-0.2, -0.15) is 0 Å². The minimum Gasteiger partial charge on any atom is -0.422 e. The molecule has 0 radical (unpaired) electrons. The lowest BCUT2D eigenvalue weighted by Gasteiger charge is -2.19. The third-order valence-electron chi connectivity index (χ3n) is 4.32. The summed E-state index contributed by atoms with van der Waals surface area (Å²) in [7, 11) is 0. The Morgan fingerprint density at radius 2 is 1.77 bits per heavy atom. The van der Waals surface area contributed by atoms with Gasteiger partial charge in [0.25, 0.3) is 0 Å². The van der Waals surface area contributed by atoms with E-state index < -0.39 is 0 Å². The molecule has 0 bridgehead atoms. The molecule has 0 aliphatic rings. The van der Waals surface area contributed by atoms with Crippen molar-refractivity contribution in [2.45, 2.75) is 51.9 Å². The summed E-state index contributed by atoms with van der Waals surface area (Å²) in [6.07, 6.45) is 2.45. The lowest BCUT2D eigenvalue weighted by atomic mass is 9.87. The molecular weight excluding hydrogens is 344 g/mol. The number of hydrogen-bond donors (Lipinski definition) is 0. The maximum atomic E-state index is 5.88. The van der Waals surface area contributed by atoms with Crippen LogP contribution in [-0.2, 0) is 17.3 Å². The van der Waals surface area contributed by atoms with Crippen LogP contribution in [0.1, 0.15) is 51.2 Å². The van der Waals surface area contributed by atoms with E-state index in [-0.39, 0.29) is 10.8 Å². The second-order valence-electron chi connectivity index (χ2n) is 8.30. The molecule has 4 aromatic rings. The Bertz CT molecular complexity index is 1060. The molecule has 134 valence electrons. The van der Waals surface area contributed by atoms with E-state index in [1.54, 1.807) is 17.5 Å². The maximum absolute atomic E-state index is 5.88. The van der Waals surface area contributed by atoms with Crippen molar-refractivity contribution in [2.24, 2.45) is 0 Å². The summed E-state index contributed by atoms with van der Waals surface area (Å²) in [5, 5.41) is 1.11. The molecule has 6 heteroatoms. The van der Waals surface area contributed by atoms with Crippen LogP contribution in [0.15, 0.2) is 34.9 Å². The lowest BCUT2D eigenvalue weighted by molar-refractivity contribution is 0.376. The average molecular weight is 366 g/mol. The second-order valence-corrected chi connectivity index (χ2v) is 9.28. The van der Waals surface area contributed by atoms with Crippen molar-refractivity contribution >= 4 is 32.9 Å². The monoisotopic (exact) mass is 366 g/mol. The van der Waals surface area contributed by atoms with E-state index in [2.05, 4.69) is 56.7 Å². The minimum atomic E-state index is -0.279. The molecule has 0 aliphatic heterocycles. The van der Waals surface area contributed by atoms with E-state index in [4.69, 9.17) is 14.4 Å². The van der Waals surface area contributed by atoms with Crippen LogP contribution in [0.3, 0.4) is 0 Å². The third-order valence-corrected chi connectivity index (χ3v) is 5.71. The van der Waals surface area contributed by atoms with Gasteiger partial charge < -0.3 is 4.42 Å². The molecule has 0 saturated carbocycles. The van der Waals surface area contributed by atoms with Crippen LogP contribution in [0.2, 0.25) is 0 Å². The molecule has 26 heavy (non-hydrogen) atoms. The predicted octanol–water partition coefficient (Wildman–Crippen LogP) is 5.05. The molecule has 0 unspecified atom stereocenters. The molecule has 0 amide bonds. The number of rotatable bonds is 3. The fraction of sp³-hybridized carbons (Fsp3) is 0.400. The first-order chi connectivity index (χ1) is 12.2. The van der Waals surface area contributed by atoms with Crippen LogP contribution < -0.4 is 0 Å². The number of aromatic nitrogens is 4. The average Bonchev–Trinajstić information content (AvgIpc) is 3.18. The van der Waals surface area contributed by atoms with Crippen molar-refractivity contribution in [3.8, 4) is 0 Å². The summed E-state index contributed by atoms with van der Waals surface area (Å²) in [5.74, 6) is 0.688. The summed E-state index contributed by atoms with van der Waals surface area (Å²) in [5.41, 5.74) is 3.11. The predicted molar refractivity (Wildman–Crippen MR) is 105 cm³/mol. The molecule has 0 saturated heterocycles. The number of nitrogens with zero attached hydrogens (tertiary/aromatic N) is 4. The molecule has 4 aromatic heterocycles. The van der Waals surface area contributed by atoms with E-state index in [1.165, 1.54) is 0 Å². The summed E-state index contributed by atoms with van der Waals surface area (Å²) in [6.45, 7) is 10.8. The number of fused-ring (bicyclic) bond motifs is 2. The van der Waals surface area contributed by atoms with Crippen LogP contribution in [0.5, 0.6) is 0 Å². The minimum absolute atomic E-state index is 0.0377. The van der Waals surface area contributed by atoms with Crippen molar-refractivity contribution in [3.05, 3.63) is 47.1 Å². The fourth-order valence-electron chi connectivity index (χ4n) is 2.86. The Hall–Kier alpha value is -2.34. The highest BCUT2D eigenvalue weighted by atomic mass is 32.1. The van der Waals surface area contributed by atoms with Crippen molar-refractivity contribution in [2.75, 3.05) is 0 Å². The molecule has 0 aromatic carbocycles. The molecule has 0 aliphatic carbocycles. The van der Waals surface area contributed by atoms with Crippen LogP contribution in [0.4, 0.5) is 0 Å². The highest BCUT2D eigenvalue weighted by Gasteiger charge is 2.28. The quantitative estimate of drug-likeness (QED) is 0.508. The molecule has 0 atom stereocenters. The van der Waals surface area contributed by atoms with Crippen molar-refractivity contribution in [3.63, 3.8) is 0 Å². The lowest BCUT2D eigenvalue weighted by Crippen LogP contribution is -2.21. The van der Waals surface area contributed by atoms with Gasteiger partial charge in [-0.25, -0.2) is 19.9 Å². The summed E-state index contributed by atoms with van der Waals surface area (Å²) in [4.78, 5) is 19.4. The van der Waals surface area contributed by atoms with E-state index in [9.17, 15) is 0 Å². The molecule has 0 spiro atoms. The molecule has 4 rings (SSSR count). The number of pyridine rings is 2. The Kier molecular flexibility index (Phi) is 3.84. The highest BCUT2D eigenvalue weighted by Crippen LogP contribution is 2.32. The Labute approximate surface area is 156 Å². The first kappa shape index (κ1) is 17.1. The molecule has 5 nitrogen and oxygen atoms in total. The second kappa shape index (κ2) is 5.84. The maximum Gasteiger partial charge on any atom is 0.246 e. The zero-order valence-corrected chi connectivity index (χ0v) is 16.5. The topological polar surface area (TPSA) is 64.7 Å². The van der Waals surface area contributed by atoms with Crippen LogP contribution >= 0.6 is 11.3 Å². The van der Waals surface area contributed by atoms with Crippen LogP contribution in [0.25, 0.3) is 21.6 Å². The number of thiazole rings is 1. The smallest absolute Gasteiger partial charge is 0.246 e. The zero-order chi connectivity index (χ0) is 18.5. The van der Waals surface area contributed by atoms with Gasteiger partial charge in [0.15, 0.2) is 0 Å². The largest absolute Gasteiger partial charge is 0.422 e. The zero-order valence-electron chi connectivity index (χ0n) is 15.7. The highest BCUT2D eigenvalue weighted by molar-refractivity contribution is 7.18. The van der Waals surface area contributed by atoms with Crippen LogP contribution in [0, 0.1) is 0 Å². The Morgan fingerprint density at radius 3 is 2.50 bits per heavy atom. The van der Waals surface area contributed by atoms with Gasteiger partial charge in [0, 0.05) is 29.1 Å². The normalized spacial score (nSPS) is 13.0. The van der Waals surface area contributed by atoms with Gasteiger partial charge in [-0.1, -0.05) is 46.0 Å². The van der Waals surface area contributed by atoms with E-state index in [1.807, 2.05) is 12.1 Å². The van der Waals surface area contributed by atoms with E-state index in [0.29, 0.717) is 11.6 Å². The first-order valence-corrected chi connectivity index (χ1v) is 9.53. The van der Waals surface area contributed by atoms with E-state index >= 15 is 0 Å². The van der Waals surface area contributed by atoms with Crippen molar-refractivity contribution in [1.82, 2.24) is 19.9 Å². The molecule has 0 fully saturated rings. The summed E-state index contributed by atoms with van der Waals surface area (Å²) in [6, 6.07) is 7.90. The van der Waals surface area contributed by atoms with Gasteiger partial charge in [0.2, 0.25) is 11.6 Å². The Balaban J connectivity index is 1.66. The number of oxazole rings is 1. The van der Waals surface area contributed by atoms with Gasteiger partial charge >= 0.3 is 0 Å². The van der Waals surface area contributed by atoms with Gasteiger partial charge in [-0.3, -0.25) is 0 Å². The standard InChI is InChI=1S/C20H22N4OS/c1-19(2,3)18-24-14-9-8-12(22-16(14)26-18)11-20(4,5)17-23-13-7-6-10-21-15(13)25-17/h6-10H,11H2,1-5H3. The van der Waals surface area contributed by atoms with Gasteiger partial charge in [-0.15, -0.1) is 0 Å². The molecule has 4 heterocycles. The summed E-state index contributed by atoms with van der Waals surface area (Å²) < 4.78 is 5.88. The van der Waals surface area contributed by atoms with Crippen molar-refractivity contribution < 1.29 is 4.42 Å². The number of hydrogen-bond acceptors (Lipinski definition) is 6. The van der Waals surface area contributed by atoms with Crippen LogP contribution in [-0.4, -0.2) is 19.9 Å². The Morgan fingerprint density at radius 1 is 0.962 bits per heavy atom. The van der Waals surface area contributed by atoms with E-state index in [0.717, 1.165) is 33.0 Å². The molecular formula is C20H22N4OS. The first-order valence-electron chi connectivity index (χ1n) is 8.71. The van der Waals surface area contributed by atoms with Gasteiger partial charge in [0.1, 0.15) is 20.9 Å². The SMILES string of the molecule is CC(C)(C)c1nc2ccc(CC(C)(C)c3nc4cccnc4o3)nc2s1. The van der Waals surface area contributed by atoms with Crippen molar-refractivity contribution in [1.29, 1.82) is 0 Å². The van der Waals surface area contributed by atoms with Gasteiger partial charge in [-0.05, 0) is 24.3 Å². The summed E-state index contributed by atoms with van der Waals surface area (Å²) >= 11 is 1.67. The fourth-order valence-corrected chi connectivity index (χ4v) is 3.88.